The summed E-state index contributed by atoms with van der Waals surface area (Å²) >= 11 is 1.45. The predicted octanol–water partition coefficient (Wildman–Crippen LogP) is 2.48. The van der Waals surface area contributed by atoms with Crippen LogP contribution in [0.5, 0.6) is 0 Å². The number of hydrogen-bond donors (Lipinski definition) is 1. The van der Waals surface area contributed by atoms with Crippen LogP contribution in [0.2, 0.25) is 0 Å². The summed E-state index contributed by atoms with van der Waals surface area (Å²) in [6, 6.07) is 10.1. The lowest BCUT2D eigenvalue weighted by atomic mass is 10.2. The molecule has 0 saturated heterocycles. The van der Waals surface area contributed by atoms with Crippen molar-refractivity contribution in [3.05, 3.63) is 40.9 Å². The molecule has 0 spiro atoms. The fourth-order valence-electron chi connectivity index (χ4n) is 1.70. The van der Waals surface area contributed by atoms with E-state index in [0.717, 1.165) is 24.3 Å². The van der Waals surface area contributed by atoms with Crippen LogP contribution in [0.1, 0.15) is 23.4 Å². The van der Waals surface area contributed by atoms with Gasteiger partial charge in [0, 0.05) is 12.3 Å². The highest BCUT2D eigenvalue weighted by molar-refractivity contribution is 7.15. The summed E-state index contributed by atoms with van der Waals surface area (Å²) in [5.41, 5.74) is 1.20. The molecular formula is C13H13N3OS. The number of hydrogen-bond acceptors (Lipinski definition) is 4. The number of benzene rings is 1. The minimum absolute atomic E-state index is 0.0809. The van der Waals surface area contributed by atoms with Crippen LogP contribution < -0.4 is 5.32 Å². The van der Waals surface area contributed by atoms with Crippen LogP contribution in [0, 0.1) is 5.92 Å². The summed E-state index contributed by atoms with van der Waals surface area (Å²) in [5.74, 6) is 0.281. The molecule has 1 aromatic carbocycles. The smallest absolute Gasteiger partial charge is 0.229 e. The molecule has 0 unspecified atom stereocenters. The second-order valence-corrected chi connectivity index (χ2v) is 5.49. The molecule has 1 aliphatic carbocycles. The fourth-order valence-corrected chi connectivity index (χ4v) is 2.48. The Hall–Kier alpha value is -1.75. The molecule has 1 N–H and O–H groups in total. The van der Waals surface area contributed by atoms with E-state index in [2.05, 4.69) is 27.6 Å². The van der Waals surface area contributed by atoms with Crippen LogP contribution in [0.3, 0.4) is 0 Å². The van der Waals surface area contributed by atoms with Crippen molar-refractivity contribution in [3.8, 4) is 0 Å². The molecular weight excluding hydrogens is 246 g/mol. The van der Waals surface area contributed by atoms with Gasteiger partial charge in [0.15, 0.2) is 0 Å². The molecule has 1 amide bonds. The molecule has 0 aliphatic heterocycles. The predicted molar refractivity (Wildman–Crippen MR) is 70.5 cm³/mol. The number of carbonyl (C=O) groups is 1. The molecule has 4 nitrogen and oxygen atoms in total. The van der Waals surface area contributed by atoms with E-state index >= 15 is 0 Å². The van der Waals surface area contributed by atoms with Crippen LogP contribution in [0.25, 0.3) is 0 Å². The molecule has 18 heavy (non-hydrogen) atoms. The van der Waals surface area contributed by atoms with E-state index in [4.69, 9.17) is 0 Å². The summed E-state index contributed by atoms with van der Waals surface area (Å²) in [4.78, 5) is 11.6. The lowest BCUT2D eigenvalue weighted by Gasteiger charge is -1.97. The molecule has 0 bridgehead atoms. The SMILES string of the molecule is O=C(Nc1nnc(Cc2ccccc2)s1)C1CC1. The van der Waals surface area contributed by atoms with Gasteiger partial charge >= 0.3 is 0 Å². The van der Waals surface area contributed by atoms with Crippen molar-refractivity contribution in [2.24, 2.45) is 5.92 Å². The molecule has 1 saturated carbocycles. The number of amides is 1. The molecule has 1 aliphatic rings. The van der Waals surface area contributed by atoms with Crippen molar-refractivity contribution >= 4 is 22.4 Å². The van der Waals surface area contributed by atoms with E-state index in [1.165, 1.54) is 16.9 Å². The van der Waals surface area contributed by atoms with Gasteiger partial charge in [-0.2, -0.15) is 0 Å². The van der Waals surface area contributed by atoms with E-state index in [-0.39, 0.29) is 11.8 Å². The van der Waals surface area contributed by atoms with Gasteiger partial charge in [-0.15, -0.1) is 10.2 Å². The van der Waals surface area contributed by atoms with Crippen molar-refractivity contribution in [2.75, 3.05) is 5.32 Å². The Morgan fingerprint density at radius 1 is 1.28 bits per heavy atom. The van der Waals surface area contributed by atoms with E-state index in [0.29, 0.717) is 5.13 Å². The summed E-state index contributed by atoms with van der Waals surface area (Å²) in [5, 5.41) is 12.4. The average Bonchev–Trinajstić information content (AvgIpc) is 3.15. The molecule has 1 heterocycles. The molecule has 1 aromatic heterocycles. The van der Waals surface area contributed by atoms with Crippen molar-refractivity contribution in [1.82, 2.24) is 10.2 Å². The van der Waals surface area contributed by atoms with Gasteiger partial charge in [0.05, 0.1) is 0 Å². The zero-order valence-electron chi connectivity index (χ0n) is 9.80. The Kier molecular flexibility index (Phi) is 3.06. The maximum absolute atomic E-state index is 11.6. The molecule has 92 valence electrons. The third kappa shape index (κ3) is 2.73. The molecule has 1 fully saturated rings. The third-order valence-electron chi connectivity index (χ3n) is 2.84. The summed E-state index contributed by atoms with van der Waals surface area (Å²) < 4.78 is 0. The second kappa shape index (κ2) is 4.86. The van der Waals surface area contributed by atoms with Crippen LogP contribution in [0.15, 0.2) is 30.3 Å². The fraction of sp³-hybridized carbons (Fsp3) is 0.308. The van der Waals surface area contributed by atoms with Crippen LogP contribution in [0.4, 0.5) is 5.13 Å². The Labute approximate surface area is 109 Å². The van der Waals surface area contributed by atoms with Gasteiger partial charge in [-0.3, -0.25) is 4.79 Å². The third-order valence-corrected chi connectivity index (χ3v) is 3.68. The quantitative estimate of drug-likeness (QED) is 0.917. The zero-order chi connectivity index (χ0) is 12.4. The van der Waals surface area contributed by atoms with E-state index in [9.17, 15) is 4.79 Å². The number of anilines is 1. The van der Waals surface area contributed by atoms with Gasteiger partial charge in [0.2, 0.25) is 11.0 Å². The first-order chi connectivity index (χ1) is 8.81. The lowest BCUT2D eigenvalue weighted by Crippen LogP contribution is -2.12. The van der Waals surface area contributed by atoms with Crippen molar-refractivity contribution in [2.45, 2.75) is 19.3 Å². The van der Waals surface area contributed by atoms with Gasteiger partial charge in [0.1, 0.15) is 5.01 Å². The first kappa shape index (κ1) is 11.3. The van der Waals surface area contributed by atoms with Gasteiger partial charge in [0.25, 0.3) is 0 Å². The number of carbonyl (C=O) groups excluding carboxylic acids is 1. The van der Waals surface area contributed by atoms with Crippen molar-refractivity contribution in [3.63, 3.8) is 0 Å². The van der Waals surface area contributed by atoms with Gasteiger partial charge in [-0.1, -0.05) is 41.7 Å². The van der Waals surface area contributed by atoms with Crippen LogP contribution in [-0.4, -0.2) is 16.1 Å². The average molecular weight is 259 g/mol. The molecule has 0 radical (unpaired) electrons. The molecule has 0 atom stereocenters. The van der Waals surface area contributed by atoms with Gasteiger partial charge in [-0.05, 0) is 18.4 Å². The Balaban J connectivity index is 1.64. The normalized spacial score (nSPS) is 14.4. The Morgan fingerprint density at radius 3 is 2.78 bits per heavy atom. The second-order valence-electron chi connectivity index (χ2n) is 4.43. The molecule has 5 heteroatoms. The van der Waals surface area contributed by atoms with E-state index < -0.39 is 0 Å². The Morgan fingerprint density at radius 2 is 2.06 bits per heavy atom. The monoisotopic (exact) mass is 259 g/mol. The number of nitrogens with zero attached hydrogens (tertiary/aromatic N) is 2. The topological polar surface area (TPSA) is 54.9 Å². The standard InChI is InChI=1S/C13H13N3OS/c17-12(10-6-7-10)14-13-16-15-11(18-13)8-9-4-2-1-3-5-9/h1-5,10H,6-8H2,(H,14,16,17). The van der Waals surface area contributed by atoms with Crippen molar-refractivity contribution in [1.29, 1.82) is 0 Å². The first-order valence-corrected chi connectivity index (χ1v) is 6.80. The number of rotatable bonds is 4. The van der Waals surface area contributed by atoms with E-state index in [1.54, 1.807) is 0 Å². The highest BCUT2D eigenvalue weighted by Crippen LogP contribution is 2.30. The maximum atomic E-state index is 11.6. The van der Waals surface area contributed by atoms with Crippen LogP contribution >= 0.6 is 11.3 Å². The van der Waals surface area contributed by atoms with Gasteiger partial charge in [-0.25, -0.2) is 0 Å². The summed E-state index contributed by atoms with van der Waals surface area (Å²) in [6.45, 7) is 0. The molecule has 3 rings (SSSR count). The minimum atomic E-state index is 0.0809. The van der Waals surface area contributed by atoms with Gasteiger partial charge < -0.3 is 5.32 Å². The van der Waals surface area contributed by atoms with Crippen molar-refractivity contribution < 1.29 is 4.79 Å². The minimum Gasteiger partial charge on any atom is -0.300 e. The highest BCUT2D eigenvalue weighted by atomic mass is 32.1. The maximum Gasteiger partial charge on any atom is 0.229 e. The zero-order valence-corrected chi connectivity index (χ0v) is 10.6. The van der Waals surface area contributed by atoms with Crippen LogP contribution in [-0.2, 0) is 11.2 Å². The molecule has 2 aromatic rings. The van der Waals surface area contributed by atoms with E-state index in [1.807, 2.05) is 18.2 Å². The Bertz CT molecular complexity index is 548. The lowest BCUT2D eigenvalue weighted by molar-refractivity contribution is -0.117. The summed E-state index contributed by atoms with van der Waals surface area (Å²) in [6.07, 6.45) is 2.76. The largest absolute Gasteiger partial charge is 0.300 e. The number of nitrogens with one attached hydrogen (secondary N) is 1. The summed E-state index contributed by atoms with van der Waals surface area (Å²) in [7, 11) is 0. The highest BCUT2D eigenvalue weighted by Gasteiger charge is 2.30. The number of aromatic nitrogens is 2. The first-order valence-electron chi connectivity index (χ1n) is 5.98.